The molecule has 0 saturated carbocycles. The maximum absolute atomic E-state index is 12.1. The molecule has 0 radical (unpaired) electrons. The number of halogens is 2. The van der Waals surface area contributed by atoms with Gasteiger partial charge in [-0.1, -0.05) is 0 Å². The van der Waals surface area contributed by atoms with Gasteiger partial charge in [-0.25, -0.2) is 4.79 Å². The maximum Gasteiger partial charge on any atom is 0.387 e. The summed E-state index contributed by atoms with van der Waals surface area (Å²) in [7, 11) is 0. The lowest BCUT2D eigenvalue weighted by molar-refractivity contribution is -0.0499. The first-order valence-electron chi connectivity index (χ1n) is 5.33. The first-order chi connectivity index (χ1) is 9.03. The Morgan fingerprint density at radius 2 is 2.21 bits per heavy atom. The molecule has 0 bridgehead atoms. The minimum absolute atomic E-state index is 0.00634. The molecule has 0 aliphatic heterocycles. The zero-order valence-electron chi connectivity index (χ0n) is 10.0. The van der Waals surface area contributed by atoms with Crippen LogP contribution in [0, 0.1) is 11.3 Å². The fourth-order valence-corrected chi connectivity index (χ4v) is 1.50. The second-order valence-electron chi connectivity index (χ2n) is 3.37. The lowest BCUT2D eigenvalue weighted by Gasteiger charge is -2.12. The van der Waals surface area contributed by atoms with Crippen LogP contribution in [-0.2, 0) is 11.3 Å². The number of benzene rings is 1. The average Bonchev–Trinajstić information content (AvgIpc) is 2.36. The van der Waals surface area contributed by atoms with Gasteiger partial charge in [0.15, 0.2) is 0 Å². The second-order valence-corrected chi connectivity index (χ2v) is 3.37. The van der Waals surface area contributed by atoms with E-state index in [0.29, 0.717) is 0 Å². The van der Waals surface area contributed by atoms with Crippen LogP contribution in [0.15, 0.2) is 12.1 Å². The number of esters is 1. The fraction of sp³-hybridized carbons (Fsp3) is 0.333. The number of aliphatic hydroxyl groups excluding tert-OH is 1. The van der Waals surface area contributed by atoms with Crippen molar-refractivity contribution in [2.75, 3.05) is 6.61 Å². The SMILES string of the molecule is CCOC(=O)c1c(C#N)cc(OC(F)F)cc1CO. The Kier molecular flexibility index (Phi) is 5.21. The third-order valence-corrected chi connectivity index (χ3v) is 2.19. The summed E-state index contributed by atoms with van der Waals surface area (Å²) in [6.07, 6.45) is 0. The number of rotatable bonds is 5. The lowest BCUT2D eigenvalue weighted by Crippen LogP contribution is -2.12. The van der Waals surface area contributed by atoms with E-state index in [-0.39, 0.29) is 29.0 Å². The van der Waals surface area contributed by atoms with Crippen LogP contribution in [-0.4, -0.2) is 24.3 Å². The van der Waals surface area contributed by atoms with Gasteiger partial charge in [0.2, 0.25) is 0 Å². The number of hydrogen-bond donors (Lipinski definition) is 1. The van der Waals surface area contributed by atoms with Gasteiger partial charge in [-0.15, -0.1) is 0 Å². The molecule has 0 fully saturated rings. The van der Waals surface area contributed by atoms with Gasteiger partial charge < -0.3 is 14.6 Å². The van der Waals surface area contributed by atoms with Crippen molar-refractivity contribution in [2.24, 2.45) is 0 Å². The second kappa shape index (κ2) is 6.66. The number of nitrogens with zero attached hydrogens (tertiary/aromatic N) is 1. The molecule has 19 heavy (non-hydrogen) atoms. The zero-order valence-corrected chi connectivity index (χ0v) is 10.0. The summed E-state index contributed by atoms with van der Waals surface area (Å²) in [4.78, 5) is 11.7. The van der Waals surface area contributed by atoms with Crippen molar-refractivity contribution in [3.05, 3.63) is 28.8 Å². The molecule has 0 aliphatic rings. The topological polar surface area (TPSA) is 79.6 Å². The van der Waals surface area contributed by atoms with E-state index in [1.165, 1.54) is 0 Å². The molecule has 7 heteroatoms. The summed E-state index contributed by atoms with van der Waals surface area (Å²) in [6, 6.07) is 3.75. The van der Waals surface area contributed by atoms with Gasteiger partial charge in [0.05, 0.1) is 24.3 Å². The first kappa shape index (κ1) is 14.9. The van der Waals surface area contributed by atoms with Gasteiger partial charge in [-0.05, 0) is 24.6 Å². The van der Waals surface area contributed by atoms with Gasteiger partial charge in [-0.3, -0.25) is 0 Å². The van der Waals surface area contributed by atoms with Gasteiger partial charge in [0, 0.05) is 0 Å². The van der Waals surface area contributed by atoms with Crippen LogP contribution in [0.1, 0.15) is 28.4 Å². The summed E-state index contributed by atoms with van der Waals surface area (Å²) >= 11 is 0. The number of ether oxygens (including phenoxy) is 2. The van der Waals surface area contributed by atoms with E-state index in [1.54, 1.807) is 13.0 Å². The molecule has 0 unspecified atom stereocenters. The van der Waals surface area contributed by atoms with Crippen LogP contribution in [0.5, 0.6) is 5.75 Å². The summed E-state index contributed by atoms with van der Waals surface area (Å²) in [6.45, 7) is -2.00. The minimum atomic E-state index is -3.06. The van der Waals surface area contributed by atoms with E-state index in [2.05, 4.69) is 4.74 Å². The highest BCUT2D eigenvalue weighted by molar-refractivity contribution is 5.94. The Morgan fingerprint density at radius 3 is 2.68 bits per heavy atom. The molecule has 0 aliphatic carbocycles. The summed E-state index contributed by atoms with van der Waals surface area (Å²) in [5, 5.41) is 18.1. The van der Waals surface area contributed by atoms with E-state index in [9.17, 15) is 13.6 Å². The molecular weight excluding hydrogens is 260 g/mol. The first-order valence-corrected chi connectivity index (χ1v) is 5.33. The summed E-state index contributed by atoms with van der Waals surface area (Å²) in [5.41, 5.74) is -0.345. The average molecular weight is 271 g/mol. The highest BCUT2D eigenvalue weighted by Crippen LogP contribution is 2.24. The predicted molar refractivity (Wildman–Crippen MR) is 59.7 cm³/mol. The predicted octanol–water partition coefficient (Wildman–Crippen LogP) is 1.83. The Labute approximate surface area is 108 Å². The highest BCUT2D eigenvalue weighted by Gasteiger charge is 2.20. The third-order valence-electron chi connectivity index (χ3n) is 2.19. The summed E-state index contributed by atoms with van der Waals surface area (Å²) < 4.78 is 33.1. The number of aliphatic hydroxyl groups is 1. The van der Waals surface area contributed by atoms with Crippen LogP contribution < -0.4 is 4.74 Å². The van der Waals surface area contributed by atoms with Crippen LogP contribution in [0.25, 0.3) is 0 Å². The zero-order chi connectivity index (χ0) is 14.4. The van der Waals surface area contributed by atoms with Crippen molar-refractivity contribution in [3.8, 4) is 11.8 Å². The Balaban J connectivity index is 3.30. The van der Waals surface area contributed by atoms with E-state index in [0.717, 1.165) is 12.1 Å². The maximum atomic E-state index is 12.1. The number of alkyl halides is 2. The molecule has 1 aromatic carbocycles. The molecular formula is C12H11F2NO4. The fourth-order valence-electron chi connectivity index (χ4n) is 1.50. The van der Waals surface area contributed by atoms with Crippen molar-refractivity contribution >= 4 is 5.97 Å². The van der Waals surface area contributed by atoms with E-state index in [4.69, 9.17) is 15.1 Å². The molecule has 102 valence electrons. The molecule has 0 spiro atoms. The number of nitriles is 1. The van der Waals surface area contributed by atoms with Crippen molar-refractivity contribution in [3.63, 3.8) is 0 Å². The van der Waals surface area contributed by atoms with Crippen molar-refractivity contribution in [2.45, 2.75) is 20.1 Å². The number of carbonyl (C=O) groups excluding carboxylic acids is 1. The monoisotopic (exact) mass is 271 g/mol. The number of hydrogen-bond acceptors (Lipinski definition) is 5. The minimum Gasteiger partial charge on any atom is -0.462 e. The van der Waals surface area contributed by atoms with Crippen molar-refractivity contribution in [1.29, 1.82) is 5.26 Å². The van der Waals surface area contributed by atoms with Crippen LogP contribution in [0.4, 0.5) is 8.78 Å². The summed E-state index contributed by atoms with van der Waals surface area (Å²) in [5.74, 6) is -1.10. The molecule has 0 saturated heterocycles. The van der Waals surface area contributed by atoms with Gasteiger partial charge in [-0.2, -0.15) is 14.0 Å². The van der Waals surface area contributed by atoms with Crippen molar-refractivity contribution < 1.29 is 28.2 Å². The highest BCUT2D eigenvalue weighted by atomic mass is 19.3. The quantitative estimate of drug-likeness (QED) is 0.826. The number of carbonyl (C=O) groups is 1. The van der Waals surface area contributed by atoms with E-state index in [1.807, 2.05) is 0 Å². The Bertz CT molecular complexity index is 511. The molecule has 0 amide bonds. The van der Waals surface area contributed by atoms with Crippen LogP contribution in [0.3, 0.4) is 0 Å². The molecule has 0 aromatic heterocycles. The van der Waals surface area contributed by atoms with Crippen LogP contribution in [0.2, 0.25) is 0 Å². The van der Waals surface area contributed by atoms with Gasteiger partial charge in [0.25, 0.3) is 0 Å². The standard InChI is InChI=1S/C12H11F2NO4/c1-2-18-11(17)10-7(5-15)3-9(19-12(13)14)4-8(10)6-16/h3-4,12,16H,2,6H2,1H3. The molecule has 5 nitrogen and oxygen atoms in total. The van der Waals surface area contributed by atoms with E-state index < -0.39 is 19.2 Å². The molecule has 1 rings (SSSR count). The molecule has 1 aromatic rings. The largest absolute Gasteiger partial charge is 0.462 e. The lowest BCUT2D eigenvalue weighted by atomic mass is 10.0. The van der Waals surface area contributed by atoms with Crippen LogP contribution >= 0.6 is 0 Å². The van der Waals surface area contributed by atoms with E-state index >= 15 is 0 Å². The van der Waals surface area contributed by atoms with Gasteiger partial charge >= 0.3 is 12.6 Å². The molecule has 0 heterocycles. The molecule has 0 atom stereocenters. The Hall–Kier alpha value is -2.20. The smallest absolute Gasteiger partial charge is 0.387 e. The van der Waals surface area contributed by atoms with Gasteiger partial charge in [0.1, 0.15) is 11.8 Å². The Morgan fingerprint density at radius 1 is 1.53 bits per heavy atom. The third kappa shape index (κ3) is 3.63. The normalized spacial score (nSPS) is 10.1. The van der Waals surface area contributed by atoms with Crippen molar-refractivity contribution in [1.82, 2.24) is 0 Å². The molecule has 1 N–H and O–H groups in total.